The molecular weight excluding hydrogens is 250 g/mol. The lowest BCUT2D eigenvalue weighted by Gasteiger charge is -2.10. The Balaban J connectivity index is 2.10. The summed E-state index contributed by atoms with van der Waals surface area (Å²) in [6, 6.07) is 12.1. The highest BCUT2D eigenvalue weighted by Gasteiger charge is 2.04. The van der Waals surface area contributed by atoms with E-state index < -0.39 is 0 Å². The first kappa shape index (κ1) is 14.4. The van der Waals surface area contributed by atoms with Crippen LogP contribution >= 0.6 is 0 Å². The fourth-order valence-corrected chi connectivity index (χ4v) is 2.06. The normalized spacial score (nSPS) is 10.3. The van der Waals surface area contributed by atoms with Gasteiger partial charge in [-0.2, -0.15) is 0 Å². The molecule has 0 bridgehead atoms. The summed E-state index contributed by atoms with van der Waals surface area (Å²) in [5.41, 5.74) is 3.33. The molecule has 2 rings (SSSR count). The molecule has 0 amide bonds. The third kappa shape index (κ3) is 3.98. The zero-order chi connectivity index (χ0) is 14.4. The molecular formula is C17H21NO2. The van der Waals surface area contributed by atoms with Crippen molar-refractivity contribution in [2.24, 2.45) is 0 Å². The predicted octanol–water partition coefficient (Wildman–Crippen LogP) is 3.93. The number of rotatable bonds is 6. The minimum Gasteiger partial charge on any atom is -0.489 e. The Labute approximate surface area is 120 Å². The number of hydrogen-bond acceptors (Lipinski definition) is 3. The fraction of sp³-hybridized carbons (Fsp3) is 0.353. The number of ether oxygens (including phenoxy) is 2. The van der Waals surface area contributed by atoms with E-state index in [0.29, 0.717) is 12.5 Å². The van der Waals surface area contributed by atoms with Gasteiger partial charge in [-0.25, -0.2) is 4.98 Å². The molecule has 0 aliphatic carbocycles. The minimum absolute atomic E-state index is 0.527. The number of benzene rings is 1. The molecule has 1 aromatic carbocycles. The van der Waals surface area contributed by atoms with Crippen molar-refractivity contribution >= 4 is 0 Å². The van der Waals surface area contributed by atoms with E-state index in [0.717, 1.165) is 29.8 Å². The Kier molecular flexibility index (Phi) is 4.99. The molecule has 0 spiro atoms. The van der Waals surface area contributed by atoms with Crippen LogP contribution in [0.2, 0.25) is 0 Å². The molecule has 0 aliphatic rings. The zero-order valence-electron chi connectivity index (χ0n) is 12.3. The van der Waals surface area contributed by atoms with Crippen LogP contribution in [-0.2, 0) is 13.0 Å². The average Bonchev–Trinajstić information content (AvgIpc) is 2.45. The molecule has 0 saturated carbocycles. The van der Waals surface area contributed by atoms with Crippen LogP contribution in [-0.4, -0.2) is 12.1 Å². The molecule has 1 heterocycles. The Morgan fingerprint density at radius 3 is 2.70 bits per heavy atom. The Morgan fingerprint density at radius 2 is 2.00 bits per heavy atom. The van der Waals surface area contributed by atoms with Gasteiger partial charge >= 0.3 is 0 Å². The second-order valence-electron chi connectivity index (χ2n) is 4.86. The van der Waals surface area contributed by atoms with Crippen molar-refractivity contribution in [1.82, 2.24) is 4.98 Å². The quantitative estimate of drug-likeness (QED) is 0.797. The van der Waals surface area contributed by atoms with E-state index in [9.17, 15) is 0 Å². The van der Waals surface area contributed by atoms with Crippen LogP contribution < -0.4 is 9.47 Å². The van der Waals surface area contributed by atoms with Crippen LogP contribution in [0.4, 0.5) is 0 Å². The summed E-state index contributed by atoms with van der Waals surface area (Å²) in [5, 5.41) is 0. The van der Waals surface area contributed by atoms with Crippen molar-refractivity contribution in [3.05, 3.63) is 53.2 Å². The molecule has 3 nitrogen and oxygen atoms in total. The van der Waals surface area contributed by atoms with Gasteiger partial charge in [0.25, 0.3) is 0 Å². The molecule has 3 heteroatoms. The van der Waals surface area contributed by atoms with E-state index in [-0.39, 0.29) is 0 Å². The van der Waals surface area contributed by atoms with Gasteiger partial charge in [0.15, 0.2) is 0 Å². The molecule has 1 aromatic heterocycles. The highest BCUT2D eigenvalue weighted by Crippen LogP contribution is 2.18. The number of hydrogen-bond donors (Lipinski definition) is 0. The average molecular weight is 271 g/mol. The van der Waals surface area contributed by atoms with E-state index in [1.807, 2.05) is 24.3 Å². The van der Waals surface area contributed by atoms with Gasteiger partial charge in [-0.3, -0.25) is 0 Å². The maximum absolute atomic E-state index is 5.82. The molecule has 20 heavy (non-hydrogen) atoms. The van der Waals surface area contributed by atoms with Gasteiger partial charge in [0.2, 0.25) is 5.88 Å². The molecule has 0 atom stereocenters. The first-order valence-corrected chi connectivity index (χ1v) is 6.94. The van der Waals surface area contributed by atoms with E-state index >= 15 is 0 Å². The Bertz CT molecular complexity index is 567. The molecule has 106 valence electrons. The van der Waals surface area contributed by atoms with Crippen LogP contribution in [0.25, 0.3) is 0 Å². The van der Waals surface area contributed by atoms with E-state index in [1.54, 1.807) is 7.11 Å². The van der Waals surface area contributed by atoms with Crippen molar-refractivity contribution in [3.8, 4) is 11.6 Å². The number of methoxy groups -OCH3 is 1. The maximum Gasteiger partial charge on any atom is 0.213 e. The van der Waals surface area contributed by atoms with Crippen molar-refractivity contribution in [2.75, 3.05) is 7.11 Å². The summed E-state index contributed by atoms with van der Waals surface area (Å²) in [6.07, 6.45) is 2.02. The second kappa shape index (κ2) is 6.94. The topological polar surface area (TPSA) is 31.4 Å². The van der Waals surface area contributed by atoms with E-state index in [2.05, 4.69) is 31.0 Å². The van der Waals surface area contributed by atoms with Gasteiger partial charge in [0, 0.05) is 11.8 Å². The molecule has 0 fully saturated rings. The fourth-order valence-electron chi connectivity index (χ4n) is 2.06. The monoisotopic (exact) mass is 271 g/mol. The highest BCUT2D eigenvalue weighted by atomic mass is 16.5. The van der Waals surface area contributed by atoms with Crippen LogP contribution in [0.3, 0.4) is 0 Å². The van der Waals surface area contributed by atoms with Crippen LogP contribution in [0, 0.1) is 6.92 Å². The molecule has 0 unspecified atom stereocenters. The van der Waals surface area contributed by atoms with E-state index in [4.69, 9.17) is 9.47 Å². The molecule has 0 N–H and O–H groups in total. The highest BCUT2D eigenvalue weighted by molar-refractivity contribution is 5.29. The SMILES string of the molecule is CCCc1cc(COc2cccc(C)c2)cc(OC)n1. The molecule has 0 radical (unpaired) electrons. The zero-order valence-corrected chi connectivity index (χ0v) is 12.3. The summed E-state index contributed by atoms with van der Waals surface area (Å²) in [5.74, 6) is 1.54. The van der Waals surface area contributed by atoms with Gasteiger partial charge in [0.05, 0.1) is 7.11 Å². The molecule has 2 aromatic rings. The predicted molar refractivity (Wildman–Crippen MR) is 80.3 cm³/mol. The summed E-state index contributed by atoms with van der Waals surface area (Å²) >= 11 is 0. The van der Waals surface area contributed by atoms with Crippen molar-refractivity contribution in [1.29, 1.82) is 0 Å². The first-order chi connectivity index (χ1) is 9.71. The third-order valence-corrected chi connectivity index (χ3v) is 3.02. The molecule has 0 aliphatic heterocycles. The number of aryl methyl sites for hydroxylation is 2. The summed E-state index contributed by atoms with van der Waals surface area (Å²) in [6.45, 7) is 4.73. The number of aromatic nitrogens is 1. The van der Waals surface area contributed by atoms with E-state index in [1.165, 1.54) is 5.56 Å². The van der Waals surface area contributed by atoms with Gasteiger partial charge < -0.3 is 9.47 Å². The standard InChI is InChI=1S/C17H21NO2/c1-4-6-15-10-14(11-17(18-15)19-3)12-20-16-8-5-7-13(2)9-16/h5,7-11H,4,6,12H2,1-3H3. The summed E-state index contributed by atoms with van der Waals surface area (Å²) < 4.78 is 11.1. The van der Waals surface area contributed by atoms with Crippen LogP contribution in [0.5, 0.6) is 11.6 Å². The van der Waals surface area contributed by atoms with Gasteiger partial charge in [-0.1, -0.05) is 25.5 Å². The second-order valence-corrected chi connectivity index (χ2v) is 4.86. The largest absolute Gasteiger partial charge is 0.489 e. The number of pyridine rings is 1. The maximum atomic E-state index is 5.82. The van der Waals surface area contributed by atoms with Gasteiger partial charge in [-0.15, -0.1) is 0 Å². The summed E-state index contributed by atoms with van der Waals surface area (Å²) in [7, 11) is 1.64. The number of nitrogens with zero attached hydrogens (tertiary/aromatic N) is 1. The lowest BCUT2D eigenvalue weighted by molar-refractivity contribution is 0.304. The van der Waals surface area contributed by atoms with Crippen molar-refractivity contribution in [3.63, 3.8) is 0 Å². The Hall–Kier alpha value is -2.03. The third-order valence-electron chi connectivity index (χ3n) is 3.02. The lowest BCUT2D eigenvalue weighted by Crippen LogP contribution is -2.01. The van der Waals surface area contributed by atoms with Gasteiger partial charge in [0.1, 0.15) is 12.4 Å². The Morgan fingerprint density at radius 1 is 1.15 bits per heavy atom. The van der Waals surface area contributed by atoms with Crippen LogP contribution in [0.15, 0.2) is 36.4 Å². The lowest BCUT2D eigenvalue weighted by atomic mass is 10.1. The van der Waals surface area contributed by atoms with Crippen LogP contribution in [0.1, 0.15) is 30.2 Å². The van der Waals surface area contributed by atoms with Crippen molar-refractivity contribution in [2.45, 2.75) is 33.3 Å². The van der Waals surface area contributed by atoms with Gasteiger partial charge in [-0.05, 0) is 42.7 Å². The first-order valence-electron chi connectivity index (χ1n) is 6.94. The smallest absolute Gasteiger partial charge is 0.213 e. The van der Waals surface area contributed by atoms with Crippen molar-refractivity contribution < 1.29 is 9.47 Å². The molecule has 0 saturated heterocycles. The summed E-state index contributed by atoms with van der Waals surface area (Å²) in [4.78, 5) is 4.43. The minimum atomic E-state index is 0.527.